The smallest absolute Gasteiger partial charge is 0.261 e. The molecule has 202 valence electrons. The van der Waals surface area contributed by atoms with E-state index in [9.17, 15) is 9.59 Å². The van der Waals surface area contributed by atoms with Crippen LogP contribution in [0.5, 0.6) is 5.75 Å². The van der Waals surface area contributed by atoms with E-state index in [4.69, 9.17) is 27.9 Å². The number of nitrogens with zero attached hydrogens (tertiary/aromatic N) is 1. The molecule has 5 nitrogen and oxygen atoms in total. The zero-order chi connectivity index (χ0) is 27.9. The van der Waals surface area contributed by atoms with Gasteiger partial charge in [-0.3, -0.25) is 9.59 Å². The summed E-state index contributed by atoms with van der Waals surface area (Å²) in [6, 6.07) is 25.6. The van der Waals surface area contributed by atoms with Crippen LogP contribution in [0.3, 0.4) is 0 Å². The fraction of sp³-hybridized carbons (Fsp3) is 0.226. The van der Waals surface area contributed by atoms with Crippen molar-refractivity contribution in [3.05, 3.63) is 111 Å². The van der Waals surface area contributed by atoms with Gasteiger partial charge in [0.25, 0.3) is 5.91 Å². The summed E-state index contributed by atoms with van der Waals surface area (Å²) in [5, 5.41) is 5.81. The predicted molar refractivity (Wildman–Crippen MR) is 161 cm³/mol. The standard InChI is InChI=1S/C31H29BrCl2N2O3/c1-20(2)35-31(38)27(17-21-8-4-3-5-9-21)36(18-22-12-14-25(33)26(34)16-22)29(37)19-39-28-15-13-23-10-6-7-11-24(23)30(28)32/h3-16,20,27H,17-19H2,1-2H3,(H,35,38)/t27-/m1/s1. The molecule has 0 aromatic heterocycles. The first-order valence-corrected chi connectivity index (χ1v) is 14.2. The summed E-state index contributed by atoms with van der Waals surface area (Å²) in [6.07, 6.45) is 0.339. The number of fused-ring (bicyclic) bond motifs is 1. The number of amides is 2. The second-order valence-electron chi connectivity index (χ2n) is 9.53. The highest BCUT2D eigenvalue weighted by molar-refractivity contribution is 9.10. The van der Waals surface area contributed by atoms with Crippen LogP contribution >= 0.6 is 39.1 Å². The van der Waals surface area contributed by atoms with Crippen LogP contribution in [0.4, 0.5) is 0 Å². The summed E-state index contributed by atoms with van der Waals surface area (Å²) in [6.45, 7) is 3.69. The van der Waals surface area contributed by atoms with E-state index in [1.165, 1.54) is 0 Å². The molecule has 1 N–H and O–H groups in total. The van der Waals surface area contributed by atoms with E-state index in [0.29, 0.717) is 22.2 Å². The molecule has 0 radical (unpaired) electrons. The van der Waals surface area contributed by atoms with Crippen LogP contribution in [-0.2, 0) is 22.6 Å². The van der Waals surface area contributed by atoms with Crippen molar-refractivity contribution in [3.8, 4) is 5.75 Å². The molecule has 0 aliphatic heterocycles. The summed E-state index contributed by atoms with van der Waals surface area (Å²) >= 11 is 16.0. The van der Waals surface area contributed by atoms with E-state index in [2.05, 4.69) is 21.2 Å². The van der Waals surface area contributed by atoms with Crippen molar-refractivity contribution in [2.24, 2.45) is 0 Å². The van der Waals surface area contributed by atoms with Crippen molar-refractivity contribution < 1.29 is 14.3 Å². The van der Waals surface area contributed by atoms with Gasteiger partial charge < -0.3 is 15.0 Å². The number of benzene rings is 4. The Hall–Kier alpha value is -3.06. The Balaban J connectivity index is 1.65. The molecular formula is C31H29BrCl2N2O3. The topological polar surface area (TPSA) is 58.6 Å². The molecule has 0 unspecified atom stereocenters. The Bertz CT molecular complexity index is 1460. The first-order valence-electron chi connectivity index (χ1n) is 12.6. The van der Waals surface area contributed by atoms with E-state index in [1.807, 2.05) is 80.6 Å². The van der Waals surface area contributed by atoms with Gasteiger partial charge in [0.2, 0.25) is 5.91 Å². The van der Waals surface area contributed by atoms with Crippen LogP contribution in [0.2, 0.25) is 10.0 Å². The Morgan fingerprint density at radius 3 is 2.33 bits per heavy atom. The number of carbonyl (C=O) groups excluding carboxylic acids is 2. The Morgan fingerprint density at radius 2 is 1.62 bits per heavy atom. The lowest BCUT2D eigenvalue weighted by Crippen LogP contribution is -2.52. The second kappa shape index (κ2) is 13.3. The van der Waals surface area contributed by atoms with Gasteiger partial charge in [0.05, 0.1) is 14.5 Å². The number of carbonyl (C=O) groups is 2. The first kappa shape index (κ1) is 28.9. The monoisotopic (exact) mass is 626 g/mol. The molecule has 4 rings (SSSR count). The predicted octanol–water partition coefficient (Wildman–Crippen LogP) is 7.45. The van der Waals surface area contributed by atoms with Gasteiger partial charge in [-0.1, -0.05) is 89.9 Å². The Kier molecular flexibility index (Phi) is 9.89. The summed E-state index contributed by atoms with van der Waals surface area (Å²) in [7, 11) is 0. The van der Waals surface area contributed by atoms with E-state index in [1.54, 1.807) is 23.1 Å². The molecule has 39 heavy (non-hydrogen) atoms. The maximum Gasteiger partial charge on any atom is 0.261 e. The summed E-state index contributed by atoms with van der Waals surface area (Å²) in [4.78, 5) is 28.9. The third-order valence-electron chi connectivity index (χ3n) is 6.22. The molecule has 0 heterocycles. The van der Waals surface area contributed by atoms with Crippen molar-refractivity contribution in [2.45, 2.75) is 38.9 Å². The SMILES string of the molecule is CC(C)NC(=O)[C@@H](Cc1ccccc1)N(Cc1ccc(Cl)c(Cl)c1)C(=O)COc1ccc2ccccc2c1Br. The molecule has 4 aromatic rings. The molecule has 2 amide bonds. The number of ether oxygens (including phenoxy) is 1. The lowest BCUT2D eigenvalue weighted by molar-refractivity contribution is -0.143. The molecule has 0 fully saturated rings. The normalized spacial score (nSPS) is 11.8. The molecule has 0 bridgehead atoms. The number of nitrogens with one attached hydrogen (secondary N) is 1. The maximum absolute atomic E-state index is 13.8. The number of halogens is 3. The van der Waals surface area contributed by atoms with Crippen LogP contribution in [-0.4, -0.2) is 35.4 Å². The zero-order valence-electron chi connectivity index (χ0n) is 21.7. The van der Waals surface area contributed by atoms with Gasteiger partial charge in [0.1, 0.15) is 11.8 Å². The molecule has 0 aliphatic rings. The van der Waals surface area contributed by atoms with Crippen molar-refractivity contribution >= 4 is 61.7 Å². The lowest BCUT2D eigenvalue weighted by Gasteiger charge is -2.32. The first-order chi connectivity index (χ1) is 18.7. The van der Waals surface area contributed by atoms with Crippen LogP contribution < -0.4 is 10.1 Å². The number of rotatable bonds is 10. The highest BCUT2D eigenvalue weighted by Crippen LogP contribution is 2.33. The van der Waals surface area contributed by atoms with Gasteiger partial charge >= 0.3 is 0 Å². The minimum Gasteiger partial charge on any atom is -0.483 e. The van der Waals surface area contributed by atoms with Crippen LogP contribution in [0.1, 0.15) is 25.0 Å². The van der Waals surface area contributed by atoms with Crippen LogP contribution in [0, 0.1) is 0 Å². The molecule has 0 aliphatic carbocycles. The molecule has 0 saturated carbocycles. The van der Waals surface area contributed by atoms with E-state index < -0.39 is 6.04 Å². The summed E-state index contributed by atoms with van der Waals surface area (Å²) < 4.78 is 6.78. The third-order valence-corrected chi connectivity index (χ3v) is 7.77. The molecule has 1 atom stereocenters. The fourth-order valence-corrected chi connectivity index (χ4v) is 5.25. The van der Waals surface area contributed by atoms with E-state index in [-0.39, 0.29) is 31.0 Å². The Morgan fingerprint density at radius 1 is 0.897 bits per heavy atom. The third kappa shape index (κ3) is 7.53. The number of hydrogen-bond acceptors (Lipinski definition) is 3. The average molecular weight is 628 g/mol. The molecule has 0 spiro atoms. The second-order valence-corrected chi connectivity index (χ2v) is 11.1. The summed E-state index contributed by atoms with van der Waals surface area (Å²) in [5.74, 6) is -0.0297. The fourth-order valence-electron chi connectivity index (χ4n) is 4.32. The van der Waals surface area contributed by atoms with Gasteiger partial charge in [-0.2, -0.15) is 0 Å². The quantitative estimate of drug-likeness (QED) is 0.199. The minimum absolute atomic E-state index is 0.0949. The highest BCUT2D eigenvalue weighted by Gasteiger charge is 2.31. The minimum atomic E-state index is -0.777. The maximum atomic E-state index is 13.8. The van der Waals surface area contributed by atoms with Gasteiger partial charge in [0.15, 0.2) is 6.61 Å². The molecule has 4 aromatic carbocycles. The largest absolute Gasteiger partial charge is 0.483 e. The van der Waals surface area contributed by atoms with E-state index >= 15 is 0 Å². The van der Waals surface area contributed by atoms with Crippen molar-refractivity contribution in [3.63, 3.8) is 0 Å². The average Bonchev–Trinajstić information content (AvgIpc) is 2.92. The van der Waals surface area contributed by atoms with Gasteiger partial charge in [-0.25, -0.2) is 0 Å². The zero-order valence-corrected chi connectivity index (χ0v) is 24.8. The van der Waals surface area contributed by atoms with Gasteiger partial charge in [-0.05, 0) is 69.9 Å². The summed E-state index contributed by atoms with van der Waals surface area (Å²) in [5.41, 5.74) is 1.69. The molecular weight excluding hydrogens is 599 g/mol. The number of hydrogen-bond donors (Lipinski definition) is 1. The van der Waals surface area contributed by atoms with Crippen LogP contribution in [0.25, 0.3) is 10.8 Å². The van der Waals surface area contributed by atoms with Crippen molar-refractivity contribution in [1.82, 2.24) is 10.2 Å². The van der Waals surface area contributed by atoms with Gasteiger partial charge in [0, 0.05) is 19.0 Å². The lowest BCUT2D eigenvalue weighted by atomic mass is 10.0. The highest BCUT2D eigenvalue weighted by atomic mass is 79.9. The van der Waals surface area contributed by atoms with Crippen LogP contribution in [0.15, 0.2) is 89.4 Å². The van der Waals surface area contributed by atoms with E-state index in [0.717, 1.165) is 26.4 Å². The molecule has 8 heteroatoms. The van der Waals surface area contributed by atoms with Gasteiger partial charge in [-0.15, -0.1) is 0 Å². The molecule has 0 saturated heterocycles. The van der Waals surface area contributed by atoms with Crippen molar-refractivity contribution in [1.29, 1.82) is 0 Å². The Labute approximate surface area is 247 Å². The van der Waals surface area contributed by atoms with Crippen molar-refractivity contribution in [2.75, 3.05) is 6.61 Å².